The van der Waals surface area contributed by atoms with Gasteiger partial charge in [0.25, 0.3) is 5.91 Å². The molecule has 2 aliphatic carbocycles. The van der Waals surface area contributed by atoms with Crippen LogP contribution in [-0.4, -0.2) is 144 Å². The van der Waals surface area contributed by atoms with Crippen LogP contribution in [0.25, 0.3) is 11.1 Å². The molecule has 0 saturated carbocycles. The number of nitrogens with two attached hydrogens (primary N) is 1. The molecule has 0 aromatic heterocycles. The highest BCUT2D eigenvalue weighted by molar-refractivity contribution is 6.31. The highest BCUT2D eigenvalue weighted by Crippen LogP contribution is 2.57. The summed E-state index contributed by atoms with van der Waals surface area (Å²) in [7, 11) is 1.26. The van der Waals surface area contributed by atoms with Crippen molar-refractivity contribution in [3.05, 3.63) is 68.8 Å². The summed E-state index contributed by atoms with van der Waals surface area (Å²) < 4.78 is 28.8. The van der Waals surface area contributed by atoms with Gasteiger partial charge in [0.2, 0.25) is 0 Å². The Balaban J connectivity index is 1.36. The molecule has 2 saturated heterocycles. The molecule has 3 aromatic rings. The molecule has 20 nitrogen and oxygen atoms in total. The Labute approximate surface area is 340 Å². The number of hydrogen-bond acceptors (Lipinski definition) is 18. The number of phenolic OH excluding ortho intramolecular Hbond substituents is 3. The van der Waals surface area contributed by atoms with Crippen LogP contribution in [-0.2, 0) is 23.7 Å². The normalized spacial score (nSPS) is 31.3. The number of nitrogens with one attached hydrogen (secondary N) is 1. The number of rotatable bonds is 8. The molecule has 3 aromatic carbocycles. The highest BCUT2D eigenvalue weighted by atomic mass is 16.7. The number of phenols is 3. The molecule has 2 fully saturated rings. The SMILES string of the molecule is COc1cc(O)c2c(c1)C(=O)c1c(cc3c(c1O)-c1c(cc(C)c(C(=O)NC(C)C(=O)O)c1O)C(OC1OC(C)C(N)C(OC4OC(C)C(O)C(O)C4O)C1O)C3O)C2=O. The Morgan fingerprint density at radius 1 is 0.767 bits per heavy atom. The van der Waals surface area contributed by atoms with E-state index in [0.29, 0.717) is 0 Å². The fourth-order valence-electron chi connectivity index (χ4n) is 8.15. The van der Waals surface area contributed by atoms with Crippen LogP contribution >= 0.6 is 0 Å². The third-order valence-corrected chi connectivity index (χ3v) is 11.5. The van der Waals surface area contributed by atoms with E-state index < -0.39 is 148 Å². The van der Waals surface area contributed by atoms with Crippen molar-refractivity contribution in [2.75, 3.05) is 7.11 Å². The van der Waals surface area contributed by atoms with Gasteiger partial charge >= 0.3 is 5.97 Å². The van der Waals surface area contributed by atoms with Crippen molar-refractivity contribution in [2.45, 2.75) is 107 Å². The summed E-state index contributed by atoms with van der Waals surface area (Å²) in [6.45, 7) is 5.47. The monoisotopic (exact) mass is 840 g/mol. The van der Waals surface area contributed by atoms with E-state index in [9.17, 15) is 65.1 Å². The van der Waals surface area contributed by atoms with Crippen molar-refractivity contribution in [2.24, 2.45) is 5.73 Å². The number of carbonyl (C=O) groups is 4. The maximum Gasteiger partial charge on any atom is 0.325 e. The third-order valence-electron chi connectivity index (χ3n) is 11.5. The average molecular weight is 841 g/mol. The number of aromatic hydroxyl groups is 3. The van der Waals surface area contributed by atoms with Crippen LogP contribution in [0.1, 0.15) is 91.9 Å². The van der Waals surface area contributed by atoms with Crippen LogP contribution in [0.5, 0.6) is 23.0 Å². The molecule has 0 radical (unpaired) electrons. The number of ether oxygens (including phenoxy) is 5. The quantitative estimate of drug-likeness (QED) is 0.107. The Morgan fingerprint density at radius 3 is 2.02 bits per heavy atom. The van der Waals surface area contributed by atoms with Crippen molar-refractivity contribution in [3.8, 4) is 34.1 Å². The largest absolute Gasteiger partial charge is 0.507 e. The Bertz CT molecular complexity index is 2300. The number of aliphatic hydroxyl groups is 5. The Kier molecular flexibility index (Phi) is 11.2. The number of ketones is 2. The smallest absolute Gasteiger partial charge is 0.325 e. The molecule has 60 heavy (non-hydrogen) atoms. The second kappa shape index (κ2) is 15.6. The van der Waals surface area contributed by atoms with Gasteiger partial charge in [-0.3, -0.25) is 19.2 Å². The number of carbonyl (C=O) groups excluding carboxylic acids is 3. The molecule has 7 rings (SSSR count). The minimum Gasteiger partial charge on any atom is -0.507 e. The topological polar surface area (TPSA) is 335 Å². The zero-order chi connectivity index (χ0) is 44.0. The van der Waals surface area contributed by atoms with Crippen LogP contribution in [0.3, 0.4) is 0 Å². The van der Waals surface area contributed by atoms with E-state index in [1.54, 1.807) is 0 Å². The number of methoxy groups -OCH3 is 1. The first kappa shape index (κ1) is 42.8. The van der Waals surface area contributed by atoms with Gasteiger partial charge < -0.3 is 80.7 Å². The average Bonchev–Trinajstić information content (AvgIpc) is 3.19. The first-order valence-corrected chi connectivity index (χ1v) is 18.8. The lowest BCUT2D eigenvalue weighted by Gasteiger charge is -2.47. The van der Waals surface area contributed by atoms with E-state index in [-0.39, 0.29) is 33.6 Å². The highest BCUT2D eigenvalue weighted by Gasteiger charge is 2.51. The maximum absolute atomic E-state index is 14.1. The summed E-state index contributed by atoms with van der Waals surface area (Å²) >= 11 is 0. The molecule has 13 atom stereocenters. The van der Waals surface area contributed by atoms with Crippen LogP contribution in [0.15, 0.2) is 24.3 Å². The number of benzene rings is 3. The molecule has 0 spiro atoms. The van der Waals surface area contributed by atoms with Crippen LogP contribution in [0.4, 0.5) is 0 Å². The number of carboxylic acid groups (broad SMARTS) is 1. The third kappa shape index (κ3) is 6.74. The number of aliphatic carboxylic acids is 1. The molecule has 4 aliphatic rings. The lowest BCUT2D eigenvalue weighted by Crippen LogP contribution is -2.65. The van der Waals surface area contributed by atoms with Gasteiger partial charge in [-0.1, -0.05) is 6.07 Å². The molecule has 1 amide bonds. The van der Waals surface area contributed by atoms with Crippen molar-refractivity contribution in [1.29, 1.82) is 0 Å². The van der Waals surface area contributed by atoms with Gasteiger partial charge in [0, 0.05) is 28.3 Å². The van der Waals surface area contributed by atoms with Crippen molar-refractivity contribution < 1.29 is 88.8 Å². The summed E-state index contributed by atoms with van der Waals surface area (Å²) in [5.41, 5.74) is 2.87. The summed E-state index contributed by atoms with van der Waals surface area (Å²) in [5.74, 6) is -6.70. The second-order valence-electron chi connectivity index (χ2n) is 15.3. The molecule has 2 heterocycles. The molecular formula is C40H44N2O18. The molecule has 20 heteroatoms. The molecule has 0 bridgehead atoms. The number of carboxylic acids is 1. The number of aryl methyl sites for hydroxylation is 1. The summed E-state index contributed by atoms with van der Waals surface area (Å²) in [6.07, 6.45) is -17.2. The standard InChI is InChI=1S/C40H44N2O18/c1-10-6-18-23(30(48)20(10)37(53)42-11(2)38(54)55)22-16(9-17-24(31(22)49)28(46)15-7-14(56-5)8-19(43)21(15)27(17)45)29(47)35(18)59-40-34(52)36(25(41)12(3)57-40)60-39-33(51)32(50)26(44)13(4)58-39/h6-9,11-13,25-26,29,32-36,39-40,43-44,47-52H,41H2,1-5H3,(H,42,53)(H,54,55). The second-order valence-corrected chi connectivity index (χ2v) is 15.3. The van der Waals surface area contributed by atoms with Gasteiger partial charge in [-0.05, 0) is 56.5 Å². The predicted octanol–water partition coefficient (Wildman–Crippen LogP) is -0.484. The number of aliphatic hydroxyl groups excluding tert-OH is 5. The van der Waals surface area contributed by atoms with Crippen molar-refractivity contribution in [3.63, 3.8) is 0 Å². The van der Waals surface area contributed by atoms with E-state index >= 15 is 0 Å². The molecule has 13 unspecified atom stereocenters. The molecule has 322 valence electrons. The van der Waals surface area contributed by atoms with Crippen LogP contribution < -0.4 is 15.8 Å². The summed E-state index contributed by atoms with van der Waals surface area (Å²) in [6, 6.07) is 2.08. The number of hydrogen-bond donors (Lipinski definition) is 11. The zero-order valence-corrected chi connectivity index (χ0v) is 32.6. The van der Waals surface area contributed by atoms with Gasteiger partial charge in [0.15, 0.2) is 24.1 Å². The van der Waals surface area contributed by atoms with E-state index in [2.05, 4.69) is 5.32 Å². The minimum atomic E-state index is -1.91. The van der Waals surface area contributed by atoms with Gasteiger partial charge in [0.1, 0.15) is 71.8 Å². The Morgan fingerprint density at radius 2 is 1.37 bits per heavy atom. The fourth-order valence-corrected chi connectivity index (χ4v) is 8.15. The molecule has 12 N–H and O–H groups in total. The molecular weight excluding hydrogens is 796 g/mol. The molecule has 2 aliphatic heterocycles. The lowest BCUT2D eigenvalue weighted by atomic mass is 9.74. The van der Waals surface area contributed by atoms with E-state index in [1.807, 2.05) is 0 Å². The lowest BCUT2D eigenvalue weighted by molar-refractivity contribution is -0.346. The first-order valence-electron chi connectivity index (χ1n) is 18.8. The number of fused-ring (bicyclic) bond motifs is 5. The fraction of sp³-hybridized carbons (Fsp3) is 0.450. The first-order chi connectivity index (χ1) is 28.2. The maximum atomic E-state index is 14.1. The minimum absolute atomic E-state index is 0.0110. The number of amides is 1. The van der Waals surface area contributed by atoms with Crippen molar-refractivity contribution >= 4 is 23.4 Å². The Hall–Kier alpha value is -5.26. The van der Waals surface area contributed by atoms with Gasteiger partial charge in [-0.15, -0.1) is 0 Å². The summed E-state index contributed by atoms with van der Waals surface area (Å²) in [4.78, 5) is 53.2. The summed E-state index contributed by atoms with van der Waals surface area (Å²) in [5, 5.41) is 101. The van der Waals surface area contributed by atoms with Gasteiger partial charge in [-0.2, -0.15) is 0 Å². The van der Waals surface area contributed by atoms with E-state index in [4.69, 9.17) is 29.4 Å². The van der Waals surface area contributed by atoms with E-state index in [0.717, 1.165) is 12.1 Å². The van der Waals surface area contributed by atoms with Gasteiger partial charge in [-0.25, -0.2) is 0 Å². The predicted molar refractivity (Wildman–Crippen MR) is 200 cm³/mol. The van der Waals surface area contributed by atoms with Crippen molar-refractivity contribution in [1.82, 2.24) is 5.32 Å². The zero-order valence-electron chi connectivity index (χ0n) is 32.6. The van der Waals surface area contributed by atoms with Crippen LogP contribution in [0, 0.1) is 6.92 Å². The van der Waals surface area contributed by atoms with E-state index in [1.165, 1.54) is 46.9 Å². The van der Waals surface area contributed by atoms with Crippen LogP contribution in [0.2, 0.25) is 0 Å². The van der Waals surface area contributed by atoms with Gasteiger partial charge in [0.05, 0.1) is 42.0 Å².